The third-order valence-corrected chi connectivity index (χ3v) is 5.98. The molecule has 0 aromatic heterocycles. The second kappa shape index (κ2) is 8.30. The van der Waals surface area contributed by atoms with E-state index in [1.54, 1.807) is 7.11 Å². The van der Waals surface area contributed by atoms with Crippen LogP contribution in [-0.2, 0) is 14.4 Å². The van der Waals surface area contributed by atoms with Gasteiger partial charge in [0, 0.05) is 36.9 Å². The average molecular weight is 393 g/mol. The molecule has 0 saturated carbocycles. The van der Waals surface area contributed by atoms with Crippen LogP contribution in [0.4, 0.5) is 0 Å². The summed E-state index contributed by atoms with van der Waals surface area (Å²) in [7, 11) is 1.65. The number of piperidine rings is 1. The Kier molecular flexibility index (Phi) is 6.05. The van der Waals surface area contributed by atoms with Crippen molar-refractivity contribution >= 4 is 29.3 Å². The van der Waals surface area contributed by atoms with Crippen molar-refractivity contribution in [3.05, 3.63) is 28.3 Å². The van der Waals surface area contributed by atoms with E-state index in [-0.39, 0.29) is 30.1 Å². The fourth-order valence-electron chi connectivity index (χ4n) is 3.92. The van der Waals surface area contributed by atoms with E-state index >= 15 is 0 Å². The minimum Gasteiger partial charge on any atom is -0.496 e. The maximum atomic E-state index is 12.5. The lowest BCUT2D eigenvalue weighted by atomic mass is 9.87. The maximum Gasteiger partial charge on any atom is 0.230 e. The second-order valence-electron chi connectivity index (χ2n) is 7.35. The monoisotopic (exact) mass is 392 g/mol. The van der Waals surface area contributed by atoms with Gasteiger partial charge in [-0.15, -0.1) is 0 Å². The van der Waals surface area contributed by atoms with Gasteiger partial charge in [-0.1, -0.05) is 17.7 Å². The van der Waals surface area contributed by atoms with Crippen LogP contribution in [0.1, 0.15) is 49.1 Å². The standard InChI is InChI=1S/C20H25ClN2O4/c1-12-9-15(17(27-2)11-16(12)21)13-5-7-23(8-6-13)19(25)4-3-14-10-18(24)22-20(14)26/h9,11,13-14H,3-8,10H2,1-2H3,(H,22,24,26)/t14-/m0/s1. The first kappa shape index (κ1) is 19.7. The van der Waals surface area contributed by atoms with Gasteiger partial charge in [0.2, 0.25) is 17.7 Å². The molecule has 2 fully saturated rings. The molecule has 2 aliphatic rings. The van der Waals surface area contributed by atoms with Gasteiger partial charge in [0.15, 0.2) is 0 Å². The zero-order valence-corrected chi connectivity index (χ0v) is 16.5. The van der Waals surface area contributed by atoms with Crippen LogP contribution in [0.5, 0.6) is 5.75 Å². The number of imide groups is 1. The Morgan fingerprint density at radius 2 is 2.00 bits per heavy atom. The van der Waals surface area contributed by atoms with Crippen LogP contribution in [0.2, 0.25) is 5.02 Å². The fourth-order valence-corrected chi connectivity index (χ4v) is 4.07. The maximum absolute atomic E-state index is 12.5. The predicted molar refractivity (Wildman–Crippen MR) is 102 cm³/mol. The normalized spacial score (nSPS) is 20.7. The highest BCUT2D eigenvalue weighted by atomic mass is 35.5. The number of amides is 3. The van der Waals surface area contributed by atoms with E-state index < -0.39 is 0 Å². The van der Waals surface area contributed by atoms with Crippen LogP contribution < -0.4 is 10.1 Å². The van der Waals surface area contributed by atoms with E-state index in [0.29, 0.717) is 36.9 Å². The van der Waals surface area contributed by atoms with E-state index in [0.717, 1.165) is 29.7 Å². The van der Waals surface area contributed by atoms with Crippen LogP contribution in [0.15, 0.2) is 12.1 Å². The third kappa shape index (κ3) is 4.43. The first-order valence-corrected chi connectivity index (χ1v) is 9.72. The van der Waals surface area contributed by atoms with E-state index in [1.807, 2.05) is 17.9 Å². The van der Waals surface area contributed by atoms with Gasteiger partial charge in [-0.05, 0) is 49.3 Å². The minimum absolute atomic E-state index is 0.0554. The van der Waals surface area contributed by atoms with Crippen molar-refractivity contribution < 1.29 is 19.1 Å². The Morgan fingerprint density at radius 3 is 2.59 bits per heavy atom. The van der Waals surface area contributed by atoms with Gasteiger partial charge >= 0.3 is 0 Å². The number of methoxy groups -OCH3 is 1. The van der Waals surface area contributed by atoms with E-state index in [1.165, 1.54) is 0 Å². The molecule has 0 bridgehead atoms. The zero-order valence-electron chi connectivity index (χ0n) is 15.7. The highest BCUT2D eigenvalue weighted by Gasteiger charge is 2.32. The Bertz CT molecular complexity index is 757. The zero-order chi connectivity index (χ0) is 19.6. The predicted octanol–water partition coefficient (Wildman–Crippen LogP) is 2.81. The molecule has 0 radical (unpaired) electrons. The second-order valence-corrected chi connectivity index (χ2v) is 7.76. The molecule has 6 nitrogen and oxygen atoms in total. The molecule has 0 aliphatic carbocycles. The van der Waals surface area contributed by atoms with Crippen molar-refractivity contribution in [3.8, 4) is 5.75 Å². The van der Waals surface area contributed by atoms with E-state index in [9.17, 15) is 14.4 Å². The van der Waals surface area contributed by atoms with Crippen molar-refractivity contribution in [1.82, 2.24) is 10.2 Å². The summed E-state index contributed by atoms with van der Waals surface area (Å²) >= 11 is 6.19. The van der Waals surface area contributed by atoms with E-state index in [2.05, 4.69) is 11.4 Å². The smallest absolute Gasteiger partial charge is 0.230 e. The number of hydrogen-bond acceptors (Lipinski definition) is 4. The molecule has 3 rings (SSSR count). The molecule has 0 unspecified atom stereocenters. The Balaban J connectivity index is 1.54. The molecule has 146 valence electrons. The quantitative estimate of drug-likeness (QED) is 0.782. The van der Waals surface area contributed by atoms with E-state index in [4.69, 9.17) is 16.3 Å². The molecule has 2 aliphatic heterocycles. The molecule has 0 spiro atoms. The summed E-state index contributed by atoms with van der Waals surface area (Å²) in [4.78, 5) is 37.2. The van der Waals surface area contributed by atoms with Crippen LogP contribution in [0.3, 0.4) is 0 Å². The number of carbonyl (C=O) groups is 3. The summed E-state index contributed by atoms with van der Waals surface area (Å²) < 4.78 is 5.49. The summed E-state index contributed by atoms with van der Waals surface area (Å²) in [6, 6.07) is 3.94. The molecule has 1 aromatic carbocycles. The Morgan fingerprint density at radius 1 is 1.30 bits per heavy atom. The number of benzene rings is 1. The Labute approximate surface area is 164 Å². The van der Waals surface area contributed by atoms with Crippen LogP contribution >= 0.6 is 11.6 Å². The van der Waals surface area contributed by atoms with Crippen molar-refractivity contribution in [2.75, 3.05) is 20.2 Å². The number of nitrogens with one attached hydrogen (secondary N) is 1. The summed E-state index contributed by atoms with van der Waals surface area (Å²) in [6.45, 7) is 3.35. The van der Waals surface area contributed by atoms with Crippen molar-refractivity contribution in [3.63, 3.8) is 0 Å². The van der Waals surface area contributed by atoms with Crippen LogP contribution in [0, 0.1) is 12.8 Å². The highest BCUT2D eigenvalue weighted by molar-refractivity contribution is 6.31. The molecule has 2 saturated heterocycles. The lowest BCUT2D eigenvalue weighted by Crippen LogP contribution is -2.38. The number of carbonyl (C=O) groups excluding carboxylic acids is 3. The molecular formula is C20H25ClN2O4. The molecule has 2 heterocycles. The van der Waals surface area contributed by atoms with Crippen LogP contribution in [0.25, 0.3) is 0 Å². The lowest BCUT2D eigenvalue weighted by molar-refractivity contribution is -0.132. The number of nitrogens with zero attached hydrogens (tertiary/aromatic N) is 1. The van der Waals surface area contributed by atoms with Crippen molar-refractivity contribution in [1.29, 1.82) is 0 Å². The van der Waals surface area contributed by atoms with Gasteiger partial charge in [0.1, 0.15) is 5.75 Å². The third-order valence-electron chi connectivity index (χ3n) is 5.57. The molecule has 7 heteroatoms. The number of aryl methyl sites for hydroxylation is 1. The van der Waals surface area contributed by atoms with Gasteiger partial charge in [0.25, 0.3) is 0 Å². The van der Waals surface area contributed by atoms with Gasteiger partial charge in [-0.2, -0.15) is 0 Å². The number of likely N-dealkylation sites (tertiary alicyclic amines) is 1. The van der Waals surface area contributed by atoms with Gasteiger partial charge < -0.3 is 9.64 Å². The Hall–Kier alpha value is -2.08. The number of rotatable bonds is 5. The summed E-state index contributed by atoms with van der Waals surface area (Å²) in [5.74, 6) is 0.327. The fraction of sp³-hybridized carbons (Fsp3) is 0.550. The van der Waals surface area contributed by atoms with Crippen molar-refractivity contribution in [2.24, 2.45) is 5.92 Å². The minimum atomic E-state index is -0.361. The lowest BCUT2D eigenvalue weighted by Gasteiger charge is -2.33. The topological polar surface area (TPSA) is 75.7 Å². The summed E-state index contributed by atoms with van der Waals surface area (Å²) in [5, 5.41) is 2.98. The molecule has 1 atom stereocenters. The number of halogens is 1. The number of ether oxygens (including phenoxy) is 1. The SMILES string of the molecule is COc1cc(Cl)c(C)cc1C1CCN(C(=O)CC[C@H]2CC(=O)NC2=O)CC1. The first-order chi connectivity index (χ1) is 12.9. The van der Waals surface area contributed by atoms with Gasteiger partial charge in [0.05, 0.1) is 7.11 Å². The number of hydrogen-bond donors (Lipinski definition) is 1. The van der Waals surface area contributed by atoms with Gasteiger partial charge in [-0.25, -0.2) is 0 Å². The van der Waals surface area contributed by atoms with Crippen LogP contribution in [-0.4, -0.2) is 42.8 Å². The highest BCUT2D eigenvalue weighted by Crippen LogP contribution is 2.37. The average Bonchev–Trinajstić information content (AvgIpc) is 2.99. The summed E-state index contributed by atoms with van der Waals surface area (Å²) in [5.41, 5.74) is 2.17. The molecule has 3 amide bonds. The van der Waals surface area contributed by atoms with Gasteiger partial charge in [-0.3, -0.25) is 19.7 Å². The largest absolute Gasteiger partial charge is 0.496 e. The molecule has 1 N–H and O–H groups in total. The molecule has 1 aromatic rings. The molecule has 27 heavy (non-hydrogen) atoms. The van der Waals surface area contributed by atoms with Crippen molar-refractivity contribution in [2.45, 2.75) is 44.9 Å². The first-order valence-electron chi connectivity index (χ1n) is 9.34. The summed E-state index contributed by atoms with van der Waals surface area (Å²) in [6.07, 6.45) is 2.67. The molecular weight excluding hydrogens is 368 g/mol.